The van der Waals surface area contributed by atoms with Crippen molar-refractivity contribution in [1.29, 1.82) is 0 Å². The molecule has 1 aliphatic rings. The minimum absolute atomic E-state index is 0.0668. The van der Waals surface area contributed by atoms with Crippen LogP contribution in [0.25, 0.3) is 0 Å². The molecule has 32 heavy (non-hydrogen) atoms. The lowest BCUT2D eigenvalue weighted by Crippen LogP contribution is -2.48. The van der Waals surface area contributed by atoms with Crippen molar-refractivity contribution in [3.63, 3.8) is 0 Å². The molecule has 1 heterocycles. The van der Waals surface area contributed by atoms with E-state index in [0.717, 1.165) is 5.56 Å². The number of hydrogen-bond acceptors (Lipinski definition) is 8. The van der Waals surface area contributed by atoms with Gasteiger partial charge < -0.3 is 29.7 Å². The van der Waals surface area contributed by atoms with Crippen LogP contribution in [0.4, 0.5) is 4.79 Å². The second-order valence-electron chi connectivity index (χ2n) is 7.28. The van der Waals surface area contributed by atoms with Gasteiger partial charge >= 0.3 is 18.0 Å². The Morgan fingerprint density at radius 2 is 1.59 bits per heavy atom. The molecule has 1 aliphatic heterocycles. The van der Waals surface area contributed by atoms with E-state index < -0.39 is 35.3 Å². The molecule has 0 bridgehead atoms. The minimum atomic E-state index is -1.29. The molecule has 1 saturated heterocycles. The first-order valence-corrected chi connectivity index (χ1v) is 9.94. The fourth-order valence-corrected chi connectivity index (χ4v) is 3.27. The number of benzene rings is 1. The molecule has 1 fully saturated rings. The molecule has 11 heteroatoms. The number of esters is 2. The maximum atomic E-state index is 12.9. The van der Waals surface area contributed by atoms with Gasteiger partial charge in [0.05, 0.1) is 19.6 Å². The van der Waals surface area contributed by atoms with Crippen molar-refractivity contribution >= 4 is 29.8 Å². The predicted molar refractivity (Wildman–Crippen MR) is 110 cm³/mol. The zero-order valence-corrected chi connectivity index (χ0v) is 18.0. The van der Waals surface area contributed by atoms with Crippen LogP contribution < -0.4 is 10.6 Å². The Hall–Kier alpha value is -3.63. The summed E-state index contributed by atoms with van der Waals surface area (Å²) in [5.74, 6) is -2.43. The fourth-order valence-electron chi connectivity index (χ4n) is 3.27. The molecule has 0 aromatic heterocycles. The third kappa shape index (κ3) is 6.96. The van der Waals surface area contributed by atoms with Gasteiger partial charge in [0.15, 0.2) is 0 Å². The Kier molecular flexibility index (Phi) is 8.99. The smallest absolute Gasteiger partial charge is 0.410 e. The molecule has 1 aromatic carbocycles. The summed E-state index contributed by atoms with van der Waals surface area (Å²) in [5.41, 5.74) is -0.482. The van der Waals surface area contributed by atoms with E-state index in [2.05, 4.69) is 20.1 Å². The first kappa shape index (κ1) is 24.6. The molecule has 0 spiro atoms. The summed E-state index contributed by atoms with van der Waals surface area (Å²) in [6.07, 6.45) is -0.739. The molecule has 2 N–H and O–H groups in total. The van der Waals surface area contributed by atoms with Crippen LogP contribution >= 0.6 is 0 Å². The number of rotatable bonds is 9. The van der Waals surface area contributed by atoms with Crippen molar-refractivity contribution in [2.45, 2.75) is 19.4 Å². The third-order valence-corrected chi connectivity index (χ3v) is 5.08. The van der Waals surface area contributed by atoms with Crippen LogP contribution in [0, 0.1) is 5.41 Å². The largest absolute Gasteiger partial charge is 0.468 e. The monoisotopic (exact) mass is 449 g/mol. The molecule has 0 aliphatic carbocycles. The van der Waals surface area contributed by atoms with Crippen LogP contribution in [-0.4, -0.2) is 75.1 Å². The number of ether oxygens (including phenoxy) is 3. The van der Waals surface area contributed by atoms with E-state index in [1.807, 2.05) is 30.3 Å². The van der Waals surface area contributed by atoms with Gasteiger partial charge in [-0.05, 0) is 12.0 Å². The molecule has 1 aromatic rings. The van der Waals surface area contributed by atoms with Gasteiger partial charge in [0, 0.05) is 19.5 Å². The number of carbonyl (C=O) groups excluding carboxylic acids is 5. The number of methoxy groups -OCH3 is 2. The van der Waals surface area contributed by atoms with Crippen LogP contribution in [0.1, 0.15) is 18.4 Å². The van der Waals surface area contributed by atoms with Gasteiger partial charge in [0.2, 0.25) is 11.8 Å². The van der Waals surface area contributed by atoms with E-state index in [1.165, 1.54) is 19.1 Å². The maximum absolute atomic E-state index is 12.9. The second-order valence-corrected chi connectivity index (χ2v) is 7.28. The maximum Gasteiger partial charge on any atom is 0.410 e. The summed E-state index contributed by atoms with van der Waals surface area (Å²) in [7, 11) is 2.37. The summed E-state index contributed by atoms with van der Waals surface area (Å²) in [6.45, 7) is -0.558. The summed E-state index contributed by atoms with van der Waals surface area (Å²) >= 11 is 0. The van der Waals surface area contributed by atoms with Crippen LogP contribution in [-0.2, 0) is 40.0 Å². The normalized spacial score (nSPS) is 17.2. The lowest BCUT2D eigenvalue weighted by atomic mass is 9.82. The summed E-state index contributed by atoms with van der Waals surface area (Å²) in [4.78, 5) is 61.8. The Balaban J connectivity index is 2.04. The van der Waals surface area contributed by atoms with Crippen molar-refractivity contribution < 1.29 is 38.2 Å². The van der Waals surface area contributed by atoms with Crippen molar-refractivity contribution in [3.05, 3.63) is 35.9 Å². The average Bonchev–Trinajstić information content (AvgIpc) is 3.24. The van der Waals surface area contributed by atoms with Crippen molar-refractivity contribution in [1.82, 2.24) is 15.5 Å². The lowest BCUT2D eigenvalue weighted by Gasteiger charge is -2.27. The van der Waals surface area contributed by atoms with Crippen LogP contribution in [0.3, 0.4) is 0 Å². The Bertz CT molecular complexity index is 845. The van der Waals surface area contributed by atoms with E-state index in [1.54, 1.807) is 0 Å². The van der Waals surface area contributed by atoms with E-state index in [4.69, 9.17) is 4.74 Å². The highest BCUT2D eigenvalue weighted by Gasteiger charge is 2.48. The second kappa shape index (κ2) is 11.7. The Labute approximate surface area is 185 Å². The quantitative estimate of drug-likeness (QED) is 0.396. The van der Waals surface area contributed by atoms with Crippen LogP contribution in [0.5, 0.6) is 0 Å². The standard InChI is InChI=1S/C21H27N3O8/c1-30-17(26)11-22-16(25)10-21(19(28)23-12-18(27)31-2)8-9-24(14-21)20(29)32-13-15-6-4-3-5-7-15/h3-7H,8-14H2,1-2H3,(H,22,25)(H,23,28)/t21-/m1/s1. The number of hydrogen-bond donors (Lipinski definition) is 2. The average molecular weight is 449 g/mol. The third-order valence-electron chi connectivity index (χ3n) is 5.08. The van der Waals surface area contributed by atoms with E-state index in [9.17, 15) is 24.0 Å². The number of carbonyl (C=O) groups is 5. The first-order valence-electron chi connectivity index (χ1n) is 9.94. The summed E-state index contributed by atoms with van der Waals surface area (Å²) < 4.78 is 14.3. The summed E-state index contributed by atoms with van der Waals surface area (Å²) in [5, 5.41) is 4.84. The Morgan fingerprint density at radius 1 is 0.969 bits per heavy atom. The molecule has 0 unspecified atom stereocenters. The van der Waals surface area contributed by atoms with Gasteiger partial charge in [0.1, 0.15) is 19.7 Å². The van der Waals surface area contributed by atoms with Crippen LogP contribution in [0.15, 0.2) is 30.3 Å². The van der Waals surface area contributed by atoms with Gasteiger partial charge in [-0.1, -0.05) is 30.3 Å². The van der Waals surface area contributed by atoms with Gasteiger partial charge in [-0.3, -0.25) is 19.2 Å². The molecule has 174 valence electrons. The number of nitrogens with zero attached hydrogens (tertiary/aromatic N) is 1. The zero-order chi connectivity index (χ0) is 23.6. The van der Waals surface area contributed by atoms with Crippen molar-refractivity contribution in [2.75, 3.05) is 40.4 Å². The summed E-state index contributed by atoms with van der Waals surface area (Å²) in [6, 6.07) is 9.12. The van der Waals surface area contributed by atoms with Gasteiger partial charge in [-0.25, -0.2) is 4.79 Å². The molecule has 3 amide bonds. The highest BCUT2D eigenvalue weighted by Crippen LogP contribution is 2.35. The lowest BCUT2D eigenvalue weighted by molar-refractivity contribution is -0.144. The number of amides is 3. The SMILES string of the molecule is COC(=O)CNC(=O)C[C@]1(C(=O)NCC(=O)OC)CCN(C(=O)OCc2ccccc2)C1. The van der Waals surface area contributed by atoms with Crippen molar-refractivity contribution in [3.8, 4) is 0 Å². The van der Waals surface area contributed by atoms with Crippen LogP contribution in [0.2, 0.25) is 0 Å². The molecule has 0 saturated carbocycles. The highest BCUT2D eigenvalue weighted by atomic mass is 16.6. The molecule has 11 nitrogen and oxygen atoms in total. The number of nitrogens with one attached hydrogen (secondary N) is 2. The topological polar surface area (TPSA) is 140 Å². The van der Waals surface area contributed by atoms with E-state index in [-0.39, 0.29) is 45.6 Å². The minimum Gasteiger partial charge on any atom is -0.468 e. The fraction of sp³-hybridized carbons (Fsp3) is 0.476. The van der Waals surface area contributed by atoms with Crippen molar-refractivity contribution in [2.24, 2.45) is 5.41 Å². The molecular weight excluding hydrogens is 422 g/mol. The van der Waals surface area contributed by atoms with Gasteiger partial charge in [-0.15, -0.1) is 0 Å². The highest BCUT2D eigenvalue weighted by molar-refractivity contribution is 5.92. The molecule has 2 rings (SSSR count). The molecule has 0 radical (unpaired) electrons. The molecular formula is C21H27N3O8. The predicted octanol–water partition coefficient (Wildman–Crippen LogP) is -0.0162. The number of likely N-dealkylation sites (tertiary alicyclic amines) is 1. The van der Waals surface area contributed by atoms with E-state index >= 15 is 0 Å². The van der Waals surface area contributed by atoms with E-state index in [0.29, 0.717) is 0 Å². The Morgan fingerprint density at radius 3 is 2.22 bits per heavy atom. The molecule has 1 atom stereocenters. The van der Waals surface area contributed by atoms with Gasteiger partial charge in [-0.2, -0.15) is 0 Å². The van der Waals surface area contributed by atoms with Gasteiger partial charge in [0.25, 0.3) is 0 Å². The zero-order valence-electron chi connectivity index (χ0n) is 18.0. The first-order chi connectivity index (χ1) is 15.3.